The van der Waals surface area contributed by atoms with Gasteiger partial charge in [0.15, 0.2) is 0 Å². The number of rotatable bonds is 1. The third-order valence-corrected chi connectivity index (χ3v) is 2.86. The Morgan fingerprint density at radius 1 is 1.20 bits per heavy atom. The van der Waals surface area contributed by atoms with Gasteiger partial charge in [0.1, 0.15) is 0 Å². The van der Waals surface area contributed by atoms with Crippen LogP contribution in [0.3, 0.4) is 0 Å². The maximum absolute atomic E-state index is 2.34. The molecule has 0 aromatic heterocycles. The van der Waals surface area contributed by atoms with Gasteiger partial charge in [-0.25, -0.2) is 0 Å². The summed E-state index contributed by atoms with van der Waals surface area (Å²) in [6.45, 7) is 5.09. The van der Waals surface area contributed by atoms with E-state index in [2.05, 4.69) is 21.0 Å². The molecule has 0 aromatic rings. The summed E-state index contributed by atoms with van der Waals surface area (Å²) in [5, 5.41) is 0. The minimum atomic E-state index is 1.03. The molecule has 1 heterocycles. The molecular weight excluding hydrogens is 122 g/mol. The summed E-state index contributed by atoms with van der Waals surface area (Å²) in [4.78, 5) is 0. The summed E-state index contributed by atoms with van der Waals surface area (Å²) >= 11 is 0. The van der Waals surface area contributed by atoms with Gasteiger partial charge >= 0.3 is 0 Å². The van der Waals surface area contributed by atoms with E-state index >= 15 is 0 Å². The Bertz CT molecular complexity index is 97.3. The maximum Gasteiger partial charge on any atom is 0.0785 e. The highest BCUT2D eigenvalue weighted by atomic mass is 15.3. The summed E-state index contributed by atoms with van der Waals surface area (Å²) in [5.41, 5.74) is 0. The zero-order chi connectivity index (χ0) is 7.61. The van der Waals surface area contributed by atoms with Crippen molar-refractivity contribution in [2.75, 3.05) is 27.2 Å². The minimum Gasteiger partial charge on any atom is -0.328 e. The Hall–Kier alpha value is -0.0400. The molecule has 0 N–H and O–H groups in total. The van der Waals surface area contributed by atoms with Crippen LogP contribution in [0.5, 0.6) is 0 Å². The Balaban J connectivity index is 2.31. The van der Waals surface area contributed by atoms with E-state index in [1.54, 1.807) is 0 Å². The van der Waals surface area contributed by atoms with Crippen molar-refractivity contribution in [2.24, 2.45) is 5.92 Å². The fraction of sp³-hybridized carbons (Fsp3) is 1.00. The van der Waals surface area contributed by atoms with Crippen molar-refractivity contribution in [2.45, 2.75) is 26.2 Å². The molecule has 0 saturated carbocycles. The largest absolute Gasteiger partial charge is 0.328 e. The van der Waals surface area contributed by atoms with Crippen molar-refractivity contribution >= 4 is 0 Å². The molecule has 1 rings (SSSR count). The van der Waals surface area contributed by atoms with Crippen LogP contribution in [-0.2, 0) is 0 Å². The number of hydrogen-bond donors (Lipinski definition) is 0. The lowest BCUT2D eigenvalue weighted by Crippen LogP contribution is -2.45. The van der Waals surface area contributed by atoms with Gasteiger partial charge in [-0.3, -0.25) is 0 Å². The van der Waals surface area contributed by atoms with Crippen LogP contribution >= 0.6 is 0 Å². The molecule has 0 radical (unpaired) electrons. The first kappa shape index (κ1) is 8.06. The summed E-state index contributed by atoms with van der Waals surface area (Å²) in [6, 6.07) is 0. The highest BCUT2D eigenvalue weighted by Gasteiger charge is 2.24. The molecule has 0 aliphatic carbocycles. The van der Waals surface area contributed by atoms with Crippen LogP contribution in [0.2, 0.25) is 0 Å². The van der Waals surface area contributed by atoms with Crippen molar-refractivity contribution in [3.8, 4) is 0 Å². The molecule has 1 saturated heterocycles. The van der Waals surface area contributed by atoms with E-state index in [0.29, 0.717) is 0 Å². The third-order valence-electron chi connectivity index (χ3n) is 2.86. The first-order chi connectivity index (χ1) is 4.64. The molecule has 10 heavy (non-hydrogen) atoms. The third kappa shape index (κ3) is 1.98. The van der Waals surface area contributed by atoms with Crippen LogP contribution in [0.15, 0.2) is 0 Å². The lowest BCUT2D eigenvalue weighted by atomic mass is 9.94. The Kier molecular flexibility index (Phi) is 2.35. The monoisotopic (exact) mass is 142 g/mol. The standard InChI is InChI=1S/C9H20N/c1-4-9-5-7-10(2,3)8-6-9/h9H,4-8H2,1-3H3/q+1. The van der Waals surface area contributed by atoms with E-state index in [9.17, 15) is 0 Å². The number of likely N-dealkylation sites (tertiary alicyclic amines) is 1. The molecule has 0 bridgehead atoms. The van der Waals surface area contributed by atoms with E-state index < -0.39 is 0 Å². The molecule has 0 aromatic carbocycles. The average Bonchev–Trinajstić information content (AvgIpc) is 1.88. The van der Waals surface area contributed by atoms with Crippen molar-refractivity contribution in [1.29, 1.82) is 0 Å². The van der Waals surface area contributed by atoms with E-state index in [-0.39, 0.29) is 0 Å². The first-order valence-electron chi connectivity index (χ1n) is 4.46. The van der Waals surface area contributed by atoms with Crippen LogP contribution in [0, 0.1) is 5.92 Å². The summed E-state index contributed by atoms with van der Waals surface area (Å²) in [7, 11) is 4.68. The molecule has 1 heteroatoms. The van der Waals surface area contributed by atoms with Gasteiger partial charge in [-0.2, -0.15) is 0 Å². The fourth-order valence-electron chi connectivity index (χ4n) is 1.73. The molecule has 1 nitrogen and oxygen atoms in total. The van der Waals surface area contributed by atoms with E-state index in [4.69, 9.17) is 0 Å². The van der Waals surface area contributed by atoms with Crippen LogP contribution in [0.4, 0.5) is 0 Å². The smallest absolute Gasteiger partial charge is 0.0785 e. The van der Waals surface area contributed by atoms with Crippen molar-refractivity contribution in [3.63, 3.8) is 0 Å². The minimum absolute atomic E-state index is 1.03. The molecule has 1 aliphatic heterocycles. The number of piperidine rings is 1. The molecule has 0 amide bonds. The van der Waals surface area contributed by atoms with E-state index in [1.807, 2.05) is 0 Å². The second kappa shape index (κ2) is 2.91. The summed E-state index contributed by atoms with van der Waals surface area (Å²) in [5.74, 6) is 1.03. The van der Waals surface area contributed by atoms with Gasteiger partial charge in [0.2, 0.25) is 0 Å². The second-order valence-corrected chi connectivity index (χ2v) is 4.23. The highest BCUT2D eigenvalue weighted by Crippen LogP contribution is 2.22. The van der Waals surface area contributed by atoms with Crippen LogP contribution in [0.25, 0.3) is 0 Å². The van der Waals surface area contributed by atoms with Gasteiger partial charge in [-0.15, -0.1) is 0 Å². The predicted octanol–water partition coefficient (Wildman–Crippen LogP) is 1.88. The van der Waals surface area contributed by atoms with Gasteiger partial charge in [0.25, 0.3) is 0 Å². The highest BCUT2D eigenvalue weighted by molar-refractivity contribution is 4.61. The van der Waals surface area contributed by atoms with E-state index in [1.165, 1.54) is 36.8 Å². The Morgan fingerprint density at radius 3 is 2.10 bits per heavy atom. The van der Waals surface area contributed by atoms with Crippen molar-refractivity contribution < 1.29 is 4.48 Å². The molecule has 1 aliphatic rings. The van der Waals surface area contributed by atoms with Crippen molar-refractivity contribution in [1.82, 2.24) is 0 Å². The van der Waals surface area contributed by atoms with E-state index in [0.717, 1.165) is 5.92 Å². The van der Waals surface area contributed by atoms with Gasteiger partial charge in [-0.1, -0.05) is 13.3 Å². The number of hydrogen-bond acceptors (Lipinski definition) is 0. The van der Waals surface area contributed by atoms with Crippen LogP contribution in [0.1, 0.15) is 26.2 Å². The Labute approximate surface area is 64.6 Å². The molecule has 0 unspecified atom stereocenters. The Morgan fingerprint density at radius 2 is 1.70 bits per heavy atom. The lowest BCUT2D eigenvalue weighted by Gasteiger charge is -2.36. The normalized spacial score (nSPS) is 26.7. The lowest BCUT2D eigenvalue weighted by molar-refractivity contribution is -0.896. The molecule has 0 atom stereocenters. The van der Waals surface area contributed by atoms with Gasteiger partial charge < -0.3 is 4.48 Å². The fourth-order valence-corrected chi connectivity index (χ4v) is 1.73. The van der Waals surface area contributed by atoms with Gasteiger partial charge in [0, 0.05) is 0 Å². The van der Waals surface area contributed by atoms with Gasteiger partial charge in [-0.05, 0) is 18.8 Å². The summed E-state index contributed by atoms with van der Waals surface area (Å²) in [6.07, 6.45) is 4.28. The molecular formula is C9H20N+. The topological polar surface area (TPSA) is 0 Å². The second-order valence-electron chi connectivity index (χ2n) is 4.23. The van der Waals surface area contributed by atoms with Gasteiger partial charge in [0.05, 0.1) is 27.2 Å². The van der Waals surface area contributed by atoms with Crippen LogP contribution < -0.4 is 0 Å². The quantitative estimate of drug-likeness (QED) is 0.490. The van der Waals surface area contributed by atoms with Crippen molar-refractivity contribution in [3.05, 3.63) is 0 Å². The zero-order valence-corrected chi connectivity index (χ0v) is 7.56. The van der Waals surface area contributed by atoms with Crippen LogP contribution in [-0.4, -0.2) is 31.7 Å². The zero-order valence-electron chi connectivity index (χ0n) is 7.56. The number of quaternary nitrogens is 1. The molecule has 1 fully saturated rings. The predicted molar refractivity (Wildman–Crippen MR) is 44.9 cm³/mol. The first-order valence-corrected chi connectivity index (χ1v) is 4.46. The molecule has 0 spiro atoms. The summed E-state index contributed by atoms with van der Waals surface area (Å²) < 4.78 is 1.25. The SMILES string of the molecule is CCC1CC[N+](C)(C)CC1. The average molecular weight is 142 g/mol. The molecule has 60 valence electrons. The maximum atomic E-state index is 2.34. The number of nitrogens with zero attached hydrogens (tertiary/aromatic N) is 1.